The molecule has 2 aromatic carbocycles. The summed E-state index contributed by atoms with van der Waals surface area (Å²) in [5, 5.41) is 0.189. The molecule has 0 saturated carbocycles. The minimum absolute atomic E-state index is 0.0551. The van der Waals surface area contributed by atoms with E-state index in [0.717, 1.165) is 23.3 Å². The number of hydrogen-bond acceptors (Lipinski definition) is 3. The van der Waals surface area contributed by atoms with E-state index < -0.39 is 11.7 Å². The highest BCUT2D eigenvalue weighted by Crippen LogP contribution is 2.32. The van der Waals surface area contributed by atoms with Gasteiger partial charge in [0.2, 0.25) is 0 Å². The average Bonchev–Trinajstić information content (AvgIpc) is 3.04. The van der Waals surface area contributed by atoms with Crippen LogP contribution in [0.1, 0.15) is 23.4 Å². The number of allylic oxidation sites excluding steroid dienone is 1. The van der Waals surface area contributed by atoms with Crippen LogP contribution >= 0.6 is 0 Å². The monoisotopic (exact) mass is 372 g/mol. The van der Waals surface area contributed by atoms with Crippen LogP contribution in [0.3, 0.4) is 0 Å². The third-order valence-electron chi connectivity index (χ3n) is 4.61. The van der Waals surface area contributed by atoms with E-state index in [1.54, 1.807) is 7.11 Å². The standard InChI is InChI=1S/C20H15F3N2O2/c1-27-15-4-2-3-12(10-15)9-13-7-8-25-18(13)24-17-11-14(20(21,22)23)5-6-16(17)19(25)26/h2-6,9-11H,7-8H2,1H3/b13-9+. The quantitative estimate of drug-likeness (QED) is 0.671. The van der Waals surface area contributed by atoms with Crippen molar-refractivity contribution in [1.29, 1.82) is 0 Å². The molecule has 27 heavy (non-hydrogen) atoms. The van der Waals surface area contributed by atoms with Crippen LogP contribution < -0.4 is 10.3 Å². The largest absolute Gasteiger partial charge is 0.497 e. The lowest BCUT2D eigenvalue weighted by Crippen LogP contribution is -2.21. The minimum Gasteiger partial charge on any atom is -0.497 e. The highest BCUT2D eigenvalue weighted by molar-refractivity contribution is 5.85. The zero-order valence-corrected chi connectivity index (χ0v) is 14.4. The topological polar surface area (TPSA) is 44.1 Å². The van der Waals surface area contributed by atoms with Crippen LogP contribution in [-0.2, 0) is 12.7 Å². The lowest BCUT2D eigenvalue weighted by Gasteiger charge is -2.09. The molecule has 0 radical (unpaired) electrons. The summed E-state index contributed by atoms with van der Waals surface area (Å²) in [6.45, 7) is 0.452. The SMILES string of the molecule is COc1cccc(/C=C2\CCn3c2nc2cc(C(F)(F)F)ccc2c3=O)c1. The van der Waals surface area contributed by atoms with Crippen LogP contribution in [-0.4, -0.2) is 16.7 Å². The highest BCUT2D eigenvalue weighted by atomic mass is 19.4. The normalized spacial score (nSPS) is 15.3. The van der Waals surface area contributed by atoms with E-state index in [1.807, 2.05) is 30.3 Å². The molecule has 1 aromatic heterocycles. The van der Waals surface area contributed by atoms with Gasteiger partial charge in [-0.3, -0.25) is 9.36 Å². The van der Waals surface area contributed by atoms with Crippen molar-refractivity contribution in [3.8, 4) is 5.75 Å². The fraction of sp³-hybridized carbons (Fsp3) is 0.200. The summed E-state index contributed by atoms with van der Waals surface area (Å²) in [7, 11) is 1.57. The van der Waals surface area contributed by atoms with E-state index in [-0.39, 0.29) is 16.5 Å². The number of halogens is 3. The summed E-state index contributed by atoms with van der Waals surface area (Å²) >= 11 is 0. The van der Waals surface area contributed by atoms with Gasteiger partial charge in [0.05, 0.1) is 23.6 Å². The molecule has 0 unspecified atom stereocenters. The molecule has 138 valence electrons. The fourth-order valence-electron chi connectivity index (χ4n) is 3.26. The van der Waals surface area contributed by atoms with Crippen molar-refractivity contribution in [2.45, 2.75) is 19.1 Å². The summed E-state index contributed by atoms with van der Waals surface area (Å²) in [6, 6.07) is 10.4. The van der Waals surface area contributed by atoms with Crippen molar-refractivity contribution < 1.29 is 17.9 Å². The Bertz CT molecular complexity index is 1130. The highest BCUT2D eigenvalue weighted by Gasteiger charge is 2.31. The molecule has 0 amide bonds. The molecule has 1 aliphatic rings. The summed E-state index contributed by atoms with van der Waals surface area (Å²) in [6.07, 6.45) is -2.01. The number of fused-ring (bicyclic) bond motifs is 2. The Morgan fingerprint density at radius 3 is 2.74 bits per heavy atom. The van der Waals surface area contributed by atoms with Gasteiger partial charge in [-0.15, -0.1) is 0 Å². The zero-order valence-electron chi connectivity index (χ0n) is 14.4. The molecule has 3 aromatic rings. The van der Waals surface area contributed by atoms with Crippen LogP contribution in [0.5, 0.6) is 5.75 Å². The molecule has 4 rings (SSSR count). The zero-order chi connectivity index (χ0) is 19.2. The lowest BCUT2D eigenvalue weighted by atomic mass is 10.1. The van der Waals surface area contributed by atoms with Gasteiger partial charge in [0.25, 0.3) is 5.56 Å². The summed E-state index contributed by atoms with van der Waals surface area (Å²) < 4.78 is 45.7. The molecule has 0 spiro atoms. The second-order valence-corrected chi connectivity index (χ2v) is 6.32. The maximum Gasteiger partial charge on any atom is 0.416 e. The molecule has 0 bridgehead atoms. The predicted octanol–water partition coefficient (Wildman–Crippen LogP) is 4.37. The third kappa shape index (κ3) is 3.09. The van der Waals surface area contributed by atoms with Crippen LogP contribution in [0.25, 0.3) is 22.6 Å². The number of methoxy groups -OCH3 is 1. The van der Waals surface area contributed by atoms with Crippen molar-refractivity contribution in [3.05, 3.63) is 69.8 Å². The third-order valence-corrected chi connectivity index (χ3v) is 4.61. The average molecular weight is 372 g/mol. The molecule has 0 saturated heterocycles. The van der Waals surface area contributed by atoms with E-state index in [9.17, 15) is 18.0 Å². The molecule has 0 aliphatic carbocycles. The second-order valence-electron chi connectivity index (χ2n) is 6.32. The number of hydrogen-bond donors (Lipinski definition) is 0. The lowest BCUT2D eigenvalue weighted by molar-refractivity contribution is -0.137. The summed E-state index contributed by atoms with van der Waals surface area (Å²) in [5.41, 5.74) is 0.594. The molecular weight excluding hydrogens is 357 g/mol. The van der Waals surface area contributed by atoms with Gasteiger partial charge in [-0.1, -0.05) is 12.1 Å². The van der Waals surface area contributed by atoms with Crippen molar-refractivity contribution >= 4 is 22.6 Å². The number of aromatic nitrogens is 2. The van der Waals surface area contributed by atoms with Crippen molar-refractivity contribution in [2.24, 2.45) is 0 Å². The van der Waals surface area contributed by atoms with E-state index in [2.05, 4.69) is 4.98 Å². The Kier molecular flexibility index (Phi) is 4.02. The maximum atomic E-state index is 13.0. The van der Waals surface area contributed by atoms with Crippen LogP contribution in [0.15, 0.2) is 47.3 Å². The van der Waals surface area contributed by atoms with Gasteiger partial charge in [-0.25, -0.2) is 4.98 Å². The van der Waals surface area contributed by atoms with E-state index >= 15 is 0 Å². The Hall–Kier alpha value is -3.09. The molecule has 4 nitrogen and oxygen atoms in total. The number of ether oxygens (including phenoxy) is 1. The molecule has 2 heterocycles. The first-order valence-corrected chi connectivity index (χ1v) is 8.33. The minimum atomic E-state index is -4.48. The van der Waals surface area contributed by atoms with Gasteiger partial charge < -0.3 is 4.74 Å². The predicted molar refractivity (Wildman–Crippen MR) is 96.5 cm³/mol. The van der Waals surface area contributed by atoms with Crippen LogP contribution in [0, 0.1) is 0 Å². The molecule has 1 aliphatic heterocycles. The van der Waals surface area contributed by atoms with Gasteiger partial charge in [0.15, 0.2) is 0 Å². The molecule has 7 heteroatoms. The Morgan fingerprint density at radius 2 is 2.00 bits per heavy atom. The van der Waals surface area contributed by atoms with Crippen LogP contribution in [0.2, 0.25) is 0 Å². The van der Waals surface area contributed by atoms with E-state index in [1.165, 1.54) is 10.6 Å². The smallest absolute Gasteiger partial charge is 0.416 e. The van der Waals surface area contributed by atoms with E-state index in [0.29, 0.717) is 24.5 Å². The Morgan fingerprint density at radius 1 is 1.19 bits per heavy atom. The van der Waals surface area contributed by atoms with Crippen LogP contribution in [0.4, 0.5) is 13.2 Å². The van der Waals surface area contributed by atoms with Gasteiger partial charge in [0, 0.05) is 6.54 Å². The maximum absolute atomic E-state index is 13.0. The second kappa shape index (κ2) is 6.26. The van der Waals surface area contributed by atoms with Crippen molar-refractivity contribution in [1.82, 2.24) is 9.55 Å². The van der Waals surface area contributed by atoms with Gasteiger partial charge in [0.1, 0.15) is 11.6 Å². The molecule has 0 N–H and O–H groups in total. The first-order chi connectivity index (χ1) is 12.9. The number of alkyl halides is 3. The molecule has 0 atom stereocenters. The number of rotatable bonds is 2. The summed E-state index contributed by atoms with van der Waals surface area (Å²) in [5.74, 6) is 1.11. The van der Waals surface area contributed by atoms with Gasteiger partial charge in [-0.05, 0) is 54.0 Å². The Labute approximate surface area is 152 Å². The van der Waals surface area contributed by atoms with Gasteiger partial charge >= 0.3 is 6.18 Å². The van der Waals surface area contributed by atoms with Gasteiger partial charge in [-0.2, -0.15) is 13.2 Å². The van der Waals surface area contributed by atoms with Crippen molar-refractivity contribution in [2.75, 3.05) is 7.11 Å². The number of benzene rings is 2. The Balaban J connectivity index is 1.86. The number of nitrogens with zero attached hydrogens (tertiary/aromatic N) is 2. The molecular formula is C20H15F3N2O2. The first kappa shape index (κ1) is 17.3. The van der Waals surface area contributed by atoms with Crippen molar-refractivity contribution in [3.63, 3.8) is 0 Å². The fourth-order valence-corrected chi connectivity index (χ4v) is 3.26. The first-order valence-electron chi connectivity index (χ1n) is 8.33. The van der Waals surface area contributed by atoms with E-state index in [4.69, 9.17) is 4.74 Å². The molecule has 0 fully saturated rings. The summed E-state index contributed by atoms with van der Waals surface area (Å²) in [4.78, 5) is 17.0.